The Morgan fingerprint density at radius 2 is 1.83 bits per heavy atom. The average molecular weight is 491 g/mol. The van der Waals surface area contributed by atoms with Gasteiger partial charge in [0, 0.05) is 49.4 Å². The molecule has 1 saturated heterocycles. The number of aryl methyl sites for hydroxylation is 1. The summed E-state index contributed by atoms with van der Waals surface area (Å²) in [4.78, 5) is 53.3. The van der Waals surface area contributed by atoms with Gasteiger partial charge in [0.2, 0.25) is 5.91 Å². The van der Waals surface area contributed by atoms with Crippen molar-refractivity contribution >= 4 is 40.7 Å². The Labute approximate surface area is 209 Å². The van der Waals surface area contributed by atoms with Gasteiger partial charge in [-0.2, -0.15) is 0 Å². The lowest BCUT2D eigenvalue weighted by atomic mass is 9.88. The highest BCUT2D eigenvalue weighted by molar-refractivity contribution is 6.02. The quantitative estimate of drug-likeness (QED) is 0.636. The van der Waals surface area contributed by atoms with Crippen LogP contribution in [0.5, 0.6) is 5.75 Å². The number of carbonyl (C=O) groups is 4. The normalized spacial score (nSPS) is 19.5. The predicted molar refractivity (Wildman–Crippen MR) is 136 cm³/mol. The number of likely N-dealkylation sites (tertiary alicyclic amines) is 1. The first-order chi connectivity index (χ1) is 17.3. The van der Waals surface area contributed by atoms with Crippen molar-refractivity contribution in [1.82, 2.24) is 4.90 Å². The molecule has 1 atom stereocenters. The molecule has 9 nitrogen and oxygen atoms in total. The van der Waals surface area contributed by atoms with Gasteiger partial charge in [-0.1, -0.05) is 0 Å². The highest BCUT2D eigenvalue weighted by Gasteiger charge is 2.30. The lowest BCUT2D eigenvalue weighted by Gasteiger charge is -2.32. The number of fused-ring (bicyclic) bond motifs is 2. The molecule has 4 amide bonds. The van der Waals surface area contributed by atoms with E-state index in [2.05, 4.69) is 10.6 Å². The van der Waals surface area contributed by atoms with E-state index in [1.807, 2.05) is 18.2 Å². The lowest BCUT2D eigenvalue weighted by molar-refractivity contribution is -0.122. The summed E-state index contributed by atoms with van der Waals surface area (Å²) in [5.41, 5.74) is 3.71. The summed E-state index contributed by atoms with van der Waals surface area (Å²) < 4.78 is 5.57. The third-order valence-electron chi connectivity index (χ3n) is 7.18. The van der Waals surface area contributed by atoms with Gasteiger partial charge >= 0.3 is 6.03 Å². The fraction of sp³-hybridized carbons (Fsp3) is 0.407. The number of hydrogen-bond donors (Lipinski definition) is 2. The maximum absolute atomic E-state index is 13.1. The van der Waals surface area contributed by atoms with Crippen molar-refractivity contribution in [3.63, 3.8) is 0 Å². The number of benzene rings is 2. The van der Waals surface area contributed by atoms with Gasteiger partial charge in [-0.25, -0.2) is 4.79 Å². The van der Waals surface area contributed by atoms with Crippen LogP contribution in [-0.2, 0) is 16.0 Å². The first kappa shape index (κ1) is 23.8. The van der Waals surface area contributed by atoms with Crippen LogP contribution in [0.1, 0.15) is 49.0 Å². The molecular weight excluding hydrogens is 460 g/mol. The first-order valence-corrected chi connectivity index (χ1v) is 12.4. The number of nitrogens with one attached hydrogen (secondary N) is 2. The molecule has 2 aromatic carbocycles. The number of nitrogens with zero attached hydrogens (tertiary/aromatic N) is 2. The molecule has 0 bridgehead atoms. The molecule has 188 valence electrons. The molecule has 0 spiro atoms. The fourth-order valence-electron chi connectivity index (χ4n) is 5.15. The van der Waals surface area contributed by atoms with Gasteiger partial charge < -0.3 is 25.2 Å². The number of carbonyl (C=O) groups excluding carboxylic acids is 4. The van der Waals surface area contributed by atoms with Crippen molar-refractivity contribution in [3.8, 4) is 5.75 Å². The second kappa shape index (κ2) is 9.64. The highest BCUT2D eigenvalue weighted by atomic mass is 16.5. The van der Waals surface area contributed by atoms with Crippen LogP contribution in [0, 0.1) is 5.92 Å². The highest BCUT2D eigenvalue weighted by Crippen LogP contribution is 2.33. The van der Waals surface area contributed by atoms with Gasteiger partial charge in [0.05, 0.1) is 5.69 Å². The molecular formula is C27H30N4O5. The SMILES string of the molecule is CC(=O)N1CCCc2cc(NC(=O)N3CCC(C(=O)c4ccc5c(c4)NC(=O)C(C)O5)CC3)ccc21. The number of urea groups is 1. The summed E-state index contributed by atoms with van der Waals surface area (Å²) in [5, 5.41) is 5.75. The number of amides is 4. The molecule has 5 rings (SSSR count). The van der Waals surface area contributed by atoms with Crippen LogP contribution in [0.3, 0.4) is 0 Å². The molecule has 1 unspecified atom stereocenters. The van der Waals surface area contributed by atoms with Crippen molar-refractivity contribution in [2.45, 2.75) is 45.6 Å². The molecule has 36 heavy (non-hydrogen) atoms. The Kier molecular flexibility index (Phi) is 6.38. The monoisotopic (exact) mass is 490 g/mol. The first-order valence-electron chi connectivity index (χ1n) is 12.4. The maximum atomic E-state index is 13.1. The standard InChI is InChI=1S/C27H30N4O5/c1-16-26(34)29-22-15-20(5-8-24(22)36-16)25(33)18-9-12-30(13-10-18)27(35)28-21-6-7-23-19(14-21)4-3-11-31(23)17(2)32/h5-8,14-16,18H,3-4,9-13H2,1-2H3,(H,28,35)(H,29,34). The number of anilines is 3. The van der Waals surface area contributed by atoms with E-state index >= 15 is 0 Å². The molecule has 9 heteroatoms. The van der Waals surface area contributed by atoms with Crippen LogP contribution < -0.4 is 20.3 Å². The molecule has 3 heterocycles. The van der Waals surface area contributed by atoms with Crippen molar-refractivity contribution in [3.05, 3.63) is 47.5 Å². The van der Waals surface area contributed by atoms with Crippen LogP contribution in [0.25, 0.3) is 0 Å². The second-order valence-corrected chi connectivity index (χ2v) is 9.63. The van der Waals surface area contributed by atoms with Crippen LogP contribution in [-0.4, -0.2) is 54.3 Å². The number of rotatable bonds is 3. The Morgan fingerprint density at radius 3 is 2.58 bits per heavy atom. The average Bonchev–Trinajstić information content (AvgIpc) is 2.88. The van der Waals surface area contributed by atoms with E-state index in [1.54, 1.807) is 41.8 Å². The minimum absolute atomic E-state index is 0.00967. The van der Waals surface area contributed by atoms with Crippen molar-refractivity contribution < 1.29 is 23.9 Å². The molecule has 0 saturated carbocycles. The van der Waals surface area contributed by atoms with E-state index in [0.717, 1.165) is 30.6 Å². The molecule has 3 aliphatic heterocycles. The summed E-state index contributed by atoms with van der Waals surface area (Å²) in [5.74, 6) is 0.166. The summed E-state index contributed by atoms with van der Waals surface area (Å²) in [7, 11) is 0. The second-order valence-electron chi connectivity index (χ2n) is 9.63. The molecule has 2 N–H and O–H groups in total. The maximum Gasteiger partial charge on any atom is 0.321 e. The summed E-state index contributed by atoms with van der Waals surface area (Å²) >= 11 is 0. The zero-order chi connectivity index (χ0) is 25.4. The van der Waals surface area contributed by atoms with Crippen LogP contribution in [0.4, 0.5) is 21.9 Å². The summed E-state index contributed by atoms with van der Waals surface area (Å²) in [6, 6.07) is 10.6. The largest absolute Gasteiger partial charge is 0.479 e. The predicted octanol–water partition coefficient (Wildman–Crippen LogP) is 3.83. The van der Waals surface area contributed by atoms with Crippen LogP contribution in [0.2, 0.25) is 0 Å². The third kappa shape index (κ3) is 4.65. The van der Waals surface area contributed by atoms with Crippen LogP contribution >= 0.6 is 0 Å². The molecule has 3 aliphatic rings. The van der Waals surface area contributed by atoms with E-state index in [1.165, 1.54) is 0 Å². The minimum Gasteiger partial charge on any atom is -0.479 e. The summed E-state index contributed by atoms with van der Waals surface area (Å²) in [6.45, 7) is 4.92. The Hall–Kier alpha value is -3.88. The minimum atomic E-state index is -0.564. The van der Waals surface area contributed by atoms with Crippen molar-refractivity contribution in [2.75, 3.05) is 35.2 Å². The van der Waals surface area contributed by atoms with E-state index in [4.69, 9.17) is 4.74 Å². The Morgan fingerprint density at radius 1 is 1.06 bits per heavy atom. The van der Waals surface area contributed by atoms with Gasteiger partial charge in [-0.05, 0) is 74.6 Å². The number of piperidine rings is 1. The van der Waals surface area contributed by atoms with E-state index in [9.17, 15) is 19.2 Å². The molecule has 0 radical (unpaired) electrons. The van der Waals surface area contributed by atoms with Gasteiger partial charge in [-0.15, -0.1) is 0 Å². The molecule has 0 aromatic heterocycles. The lowest BCUT2D eigenvalue weighted by Crippen LogP contribution is -2.42. The fourth-order valence-corrected chi connectivity index (χ4v) is 5.15. The van der Waals surface area contributed by atoms with Gasteiger partial charge in [0.25, 0.3) is 5.91 Å². The number of ether oxygens (including phenoxy) is 1. The third-order valence-corrected chi connectivity index (χ3v) is 7.18. The topological polar surface area (TPSA) is 108 Å². The van der Waals surface area contributed by atoms with E-state index in [-0.39, 0.29) is 29.5 Å². The number of ketones is 1. The van der Waals surface area contributed by atoms with Crippen molar-refractivity contribution in [2.24, 2.45) is 5.92 Å². The number of hydrogen-bond acceptors (Lipinski definition) is 5. The van der Waals surface area contributed by atoms with Gasteiger partial charge in [-0.3, -0.25) is 14.4 Å². The zero-order valence-corrected chi connectivity index (χ0v) is 20.5. The van der Waals surface area contributed by atoms with Crippen molar-refractivity contribution in [1.29, 1.82) is 0 Å². The zero-order valence-electron chi connectivity index (χ0n) is 20.5. The van der Waals surface area contributed by atoms with Gasteiger partial charge in [0.1, 0.15) is 5.75 Å². The van der Waals surface area contributed by atoms with E-state index < -0.39 is 6.10 Å². The summed E-state index contributed by atoms with van der Waals surface area (Å²) in [6.07, 6.45) is 2.34. The smallest absolute Gasteiger partial charge is 0.321 e. The molecule has 1 fully saturated rings. The van der Waals surface area contributed by atoms with Gasteiger partial charge in [0.15, 0.2) is 11.9 Å². The molecule has 0 aliphatic carbocycles. The Balaban J connectivity index is 1.18. The van der Waals surface area contributed by atoms with E-state index in [0.29, 0.717) is 48.6 Å². The number of Topliss-reactive ketones (excluding diaryl/α,β-unsaturated/α-hetero) is 1. The Bertz CT molecular complexity index is 1230. The molecule has 2 aromatic rings. The van der Waals surface area contributed by atoms with Crippen LogP contribution in [0.15, 0.2) is 36.4 Å².